The number of amides is 1. The molecule has 142 valence electrons. The van der Waals surface area contributed by atoms with Crippen LogP contribution in [0.1, 0.15) is 16.1 Å². The average Bonchev–Trinajstić information content (AvgIpc) is 3.10. The number of hydrogen-bond acceptors (Lipinski definition) is 6. The zero-order valence-corrected chi connectivity index (χ0v) is 15.7. The molecule has 1 amide bonds. The van der Waals surface area contributed by atoms with Crippen molar-refractivity contribution in [1.29, 1.82) is 0 Å². The Balaban J connectivity index is 1.45. The molecule has 28 heavy (non-hydrogen) atoms. The second-order valence-electron chi connectivity index (χ2n) is 6.44. The Bertz CT molecular complexity index is 1000. The third-order valence-electron chi connectivity index (χ3n) is 4.54. The number of ether oxygens (including phenoxy) is 2. The molecule has 0 atom stereocenters. The van der Waals surface area contributed by atoms with Gasteiger partial charge in [0, 0.05) is 19.7 Å². The van der Waals surface area contributed by atoms with Crippen molar-refractivity contribution in [1.82, 2.24) is 9.97 Å². The number of aromatic nitrogens is 2. The van der Waals surface area contributed by atoms with Gasteiger partial charge in [0.25, 0.3) is 5.91 Å². The van der Waals surface area contributed by atoms with Crippen molar-refractivity contribution in [2.24, 2.45) is 0 Å². The van der Waals surface area contributed by atoms with Crippen LogP contribution in [0.25, 0.3) is 0 Å². The summed E-state index contributed by atoms with van der Waals surface area (Å²) >= 11 is 0. The number of hydrogen-bond donors (Lipinski definition) is 1. The van der Waals surface area contributed by atoms with E-state index in [1.54, 1.807) is 37.6 Å². The lowest BCUT2D eigenvalue weighted by atomic mass is 10.2. The van der Waals surface area contributed by atoms with Crippen LogP contribution in [-0.4, -0.2) is 36.6 Å². The SMILES string of the molecule is COc1ccccc1Oc1ccc(NC(=O)c2ccc3c(n2)N(C)CC3)cn1. The molecular formula is C21H20N4O3. The molecule has 1 N–H and O–H groups in total. The second-order valence-corrected chi connectivity index (χ2v) is 6.44. The van der Waals surface area contributed by atoms with E-state index in [-0.39, 0.29) is 5.91 Å². The van der Waals surface area contributed by atoms with Gasteiger partial charge in [0.15, 0.2) is 11.5 Å². The predicted octanol–water partition coefficient (Wildman–Crippen LogP) is 3.52. The molecule has 0 saturated heterocycles. The minimum absolute atomic E-state index is 0.275. The number of para-hydroxylation sites is 2. The molecule has 0 bridgehead atoms. The predicted molar refractivity (Wildman–Crippen MR) is 106 cm³/mol. The van der Waals surface area contributed by atoms with Crippen molar-refractivity contribution in [3.05, 3.63) is 66.0 Å². The first-order chi connectivity index (χ1) is 13.6. The third-order valence-corrected chi connectivity index (χ3v) is 4.54. The topological polar surface area (TPSA) is 76.6 Å². The van der Waals surface area contributed by atoms with Gasteiger partial charge in [-0.3, -0.25) is 4.79 Å². The lowest BCUT2D eigenvalue weighted by Crippen LogP contribution is -2.17. The molecule has 2 aromatic heterocycles. The van der Waals surface area contributed by atoms with Gasteiger partial charge in [-0.1, -0.05) is 18.2 Å². The number of fused-ring (bicyclic) bond motifs is 1. The van der Waals surface area contributed by atoms with E-state index in [4.69, 9.17) is 9.47 Å². The number of nitrogens with one attached hydrogen (secondary N) is 1. The summed E-state index contributed by atoms with van der Waals surface area (Å²) in [6.07, 6.45) is 2.50. The minimum Gasteiger partial charge on any atom is -0.493 e. The van der Waals surface area contributed by atoms with E-state index in [0.717, 1.165) is 18.8 Å². The molecule has 1 aliphatic rings. The second kappa shape index (κ2) is 7.56. The van der Waals surface area contributed by atoms with Crippen LogP contribution in [0.3, 0.4) is 0 Å². The normalized spacial score (nSPS) is 12.4. The van der Waals surface area contributed by atoms with Crippen molar-refractivity contribution < 1.29 is 14.3 Å². The van der Waals surface area contributed by atoms with Crippen LogP contribution in [0.15, 0.2) is 54.7 Å². The maximum atomic E-state index is 12.5. The van der Waals surface area contributed by atoms with E-state index >= 15 is 0 Å². The highest BCUT2D eigenvalue weighted by molar-refractivity contribution is 6.03. The van der Waals surface area contributed by atoms with Crippen molar-refractivity contribution in [3.8, 4) is 17.4 Å². The van der Waals surface area contributed by atoms with E-state index in [1.807, 2.05) is 31.3 Å². The molecule has 1 aliphatic heterocycles. The maximum Gasteiger partial charge on any atom is 0.274 e. The van der Waals surface area contributed by atoms with Gasteiger partial charge in [-0.05, 0) is 36.2 Å². The van der Waals surface area contributed by atoms with Crippen LogP contribution in [0, 0.1) is 0 Å². The third kappa shape index (κ3) is 3.59. The van der Waals surface area contributed by atoms with Crippen LogP contribution in [0.4, 0.5) is 11.5 Å². The summed E-state index contributed by atoms with van der Waals surface area (Å²) in [4.78, 5) is 23.3. The highest BCUT2D eigenvalue weighted by Crippen LogP contribution is 2.30. The molecule has 0 unspecified atom stereocenters. The zero-order chi connectivity index (χ0) is 19.5. The first-order valence-electron chi connectivity index (χ1n) is 8.93. The number of pyridine rings is 2. The number of benzene rings is 1. The fourth-order valence-corrected chi connectivity index (χ4v) is 3.05. The smallest absolute Gasteiger partial charge is 0.274 e. The van der Waals surface area contributed by atoms with Gasteiger partial charge < -0.3 is 19.7 Å². The van der Waals surface area contributed by atoms with Gasteiger partial charge in [-0.2, -0.15) is 0 Å². The Morgan fingerprint density at radius 3 is 2.68 bits per heavy atom. The summed E-state index contributed by atoms with van der Waals surface area (Å²) in [6.45, 7) is 0.922. The van der Waals surface area contributed by atoms with Gasteiger partial charge >= 0.3 is 0 Å². The van der Waals surface area contributed by atoms with E-state index in [0.29, 0.717) is 28.8 Å². The van der Waals surface area contributed by atoms with Gasteiger partial charge in [-0.15, -0.1) is 0 Å². The molecule has 0 radical (unpaired) electrons. The van der Waals surface area contributed by atoms with Gasteiger partial charge in [-0.25, -0.2) is 9.97 Å². The molecule has 0 fully saturated rings. The molecule has 7 nitrogen and oxygen atoms in total. The van der Waals surface area contributed by atoms with Gasteiger partial charge in [0.2, 0.25) is 5.88 Å². The number of carbonyl (C=O) groups is 1. The Morgan fingerprint density at radius 2 is 1.93 bits per heavy atom. The Hall–Kier alpha value is -3.61. The number of likely N-dealkylation sites (N-methyl/N-ethyl adjacent to an activating group) is 1. The largest absolute Gasteiger partial charge is 0.493 e. The summed E-state index contributed by atoms with van der Waals surface area (Å²) < 4.78 is 11.0. The number of nitrogens with zero attached hydrogens (tertiary/aromatic N) is 3. The van der Waals surface area contributed by atoms with Crippen LogP contribution >= 0.6 is 0 Å². The zero-order valence-electron chi connectivity index (χ0n) is 15.7. The van der Waals surface area contributed by atoms with Crippen molar-refractivity contribution in [2.75, 3.05) is 30.9 Å². The Kier molecular flexibility index (Phi) is 4.80. The molecule has 0 spiro atoms. The Morgan fingerprint density at radius 1 is 1.11 bits per heavy atom. The fourth-order valence-electron chi connectivity index (χ4n) is 3.05. The minimum atomic E-state index is -0.275. The van der Waals surface area contributed by atoms with E-state index in [1.165, 1.54) is 5.56 Å². The standard InChI is InChI=1S/C21H20N4O3/c1-25-12-11-14-7-9-16(24-20(14)25)21(26)23-15-8-10-19(22-13-15)28-18-6-4-3-5-17(18)27-2/h3-10,13H,11-12H2,1-2H3,(H,23,26). The van der Waals surface area contributed by atoms with Gasteiger partial charge in [0.05, 0.1) is 19.0 Å². The number of carbonyl (C=O) groups excluding carboxylic acids is 1. The van der Waals surface area contributed by atoms with Crippen LogP contribution < -0.4 is 19.7 Å². The summed E-state index contributed by atoms with van der Waals surface area (Å²) in [5.41, 5.74) is 2.11. The van der Waals surface area contributed by atoms with Crippen LogP contribution in [-0.2, 0) is 6.42 Å². The summed E-state index contributed by atoms with van der Waals surface area (Å²) in [5.74, 6) is 2.18. The fraction of sp³-hybridized carbons (Fsp3) is 0.190. The molecule has 3 aromatic rings. The molecule has 1 aromatic carbocycles. The highest BCUT2D eigenvalue weighted by atomic mass is 16.5. The number of rotatable bonds is 5. The van der Waals surface area contributed by atoms with Crippen molar-refractivity contribution >= 4 is 17.4 Å². The van der Waals surface area contributed by atoms with Crippen molar-refractivity contribution in [3.63, 3.8) is 0 Å². The maximum absolute atomic E-state index is 12.5. The quantitative estimate of drug-likeness (QED) is 0.734. The van der Waals surface area contributed by atoms with E-state index < -0.39 is 0 Å². The average molecular weight is 376 g/mol. The monoisotopic (exact) mass is 376 g/mol. The Labute approximate surface area is 163 Å². The number of anilines is 2. The molecule has 0 aliphatic carbocycles. The summed E-state index contributed by atoms with van der Waals surface area (Å²) in [6, 6.07) is 14.5. The first kappa shape index (κ1) is 17.8. The first-order valence-corrected chi connectivity index (χ1v) is 8.93. The molecular weight excluding hydrogens is 356 g/mol. The summed E-state index contributed by atoms with van der Waals surface area (Å²) in [7, 11) is 3.56. The highest BCUT2D eigenvalue weighted by Gasteiger charge is 2.19. The molecule has 4 rings (SSSR count). The lowest BCUT2D eigenvalue weighted by molar-refractivity contribution is 0.102. The van der Waals surface area contributed by atoms with E-state index in [9.17, 15) is 4.79 Å². The number of methoxy groups -OCH3 is 1. The molecule has 7 heteroatoms. The van der Waals surface area contributed by atoms with Crippen LogP contribution in [0.5, 0.6) is 17.4 Å². The molecule has 3 heterocycles. The van der Waals surface area contributed by atoms with Crippen LogP contribution in [0.2, 0.25) is 0 Å². The summed E-state index contributed by atoms with van der Waals surface area (Å²) in [5, 5.41) is 2.82. The van der Waals surface area contributed by atoms with E-state index in [2.05, 4.69) is 20.2 Å². The van der Waals surface area contributed by atoms with Gasteiger partial charge in [0.1, 0.15) is 11.5 Å². The van der Waals surface area contributed by atoms with Crippen molar-refractivity contribution in [2.45, 2.75) is 6.42 Å². The lowest BCUT2D eigenvalue weighted by Gasteiger charge is -2.12. The molecule has 0 saturated carbocycles.